The Hall–Kier alpha value is -2.90. The van der Waals surface area contributed by atoms with Gasteiger partial charge in [-0.1, -0.05) is 25.1 Å². The van der Waals surface area contributed by atoms with Crippen LogP contribution < -0.4 is 5.32 Å². The Labute approximate surface area is 158 Å². The van der Waals surface area contributed by atoms with E-state index in [0.29, 0.717) is 31.7 Å². The van der Waals surface area contributed by atoms with Crippen LogP contribution in [0.4, 0.5) is 4.79 Å². The number of aryl methyl sites for hydroxylation is 1. The molecule has 144 valence electrons. The maximum atomic E-state index is 12.4. The van der Waals surface area contributed by atoms with Crippen molar-refractivity contribution in [2.45, 2.75) is 38.6 Å². The molecule has 1 aromatic heterocycles. The number of hydrogen-bond donors (Lipinski definition) is 2. The van der Waals surface area contributed by atoms with Gasteiger partial charge in [0.15, 0.2) is 0 Å². The minimum atomic E-state index is -0.897. The molecule has 2 amide bonds. The Kier molecular flexibility index (Phi) is 6.05. The standard InChI is InChI=1S/C19H25N5O3/c1-2-17-22-21-13-24(17)12-9-20-19(27)23-10-7-14(8-11-23)15-5-3-4-6-16(15)18(25)26/h3-6,13-14H,2,7-12H2,1H3,(H,20,27)(H,25,26). The number of carboxylic acids is 1. The average molecular weight is 371 g/mol. The monoisotopic (exact) mass is 371 g/mol. The van der Waals surface area contributed by atoms with E-state index in [1.54, 1.807) is 23.4 Å². The second-order valence-electron chi connectivity index (χ2n) is 6.68. The second-order valence-corrected chi connectivity index (χ2v) is 6.68. The van der Waals surface area contributed by atoms with Crippen LogP contribution in [-0.2, 0) is 13.0 Å². The predicted molar refractivity (Wildman–Crippen MR) is 99.7 cm³/mol. The first-order valence-corrected chi connectivity index (χ1v) is 9.31. The highest BCUT2D eigenvalue weighted by molar-refractivity contribution is 5.89. The Morgan fingerprint density at radius 1 is 1.26 bits per heavy atom. The number of nitrogens with one attached hydrogen (secondary N) is 1. The van der Waals surface area contributed by atoms with E-state index in [4.69, 9.17) is 0 Å². The number of aromatic nitrogens is 3. The molecule has 2 aromatic rings. The van der Waals surface area contributed by atoms with Crippen molar-refractivity contribution >= 4 is 12.0 Å². The minimum Gasteiger partial charge on any atom is -0.478 e. The molecule has 0 spiro atoms. The number of carboxylic acid groups (broad SMARTS) is 1. The lowest BCUT2D eigenvalue weighted by Gasteiger charge is -2.32. The van der Waals surface area contributed by atoms with E-state index in [9.17, 15) is 14.7 Å². The number of amides is 2. The van der Waals surface area contributed by atoms with E-state index in [0.717, 1.165) is 30.7 Å². The highest BCUT2D eigenvalue weighted by atomic mass is 16.4. The summed E-state index contributed by atoms with van der Waals surface area (Å²) in [5, 5.41) is 20.2. The molecule has 0 saturated carbocycles. The zero-order chi connectivity index (χ0) is 19.2. The number of nitrogens with zero attached hydrogens (tertiary/aromatic N) is 4. The van der Waals surface area contributed by atoms with Crippen molar-refractivity contribution in [1.82, 2.24) is 25.0 Å². The molecule has 27 heavy (non-hydrogen) atoms. The summed E-state index contributed by atoms with van der Waals surface area (Å²) in [7, 11) is 0. The van der Waals surface area contributed by atoms with Gasteiger partial charge in [0.2, 0.25) is 0 Å². The quantitative estimate of drug-likeness (QED) is 0.810. The third kappa shape index (κ3) is 4.45. The van der Waals surface area contributed by atoms with Crippen molar-refractivity contribution in [1.29, 1.82) is 0 Å². The number of urea groups is 1. The van der Waals surface area contributed by atoms with Crippen LogP contribution in [0.5, 0.6) is 0 Å². The normalized spacial score (nSPS) is 14.9. The first-order chi connectivity index (χ1) is 13.1. The fourth-order valence-electron chi connectivity index (χ4n) is 3.58. The summed E-state index contributed by atoms with van der Waals surface area (Å²) >= 11 is 0. The van der Waals surface area contributed by atoms with Crippen LogP contribution in [0.3, 0.4) is 0 Å². The lowest BCUT2D eigenvalue weighted by Crippen LogP contribution is -2.45. The van der Waals surface area contributed by atoms with Gasteiger partial charge in [0, 0.05) is 32.6 Å². The van der Waals surface area contributed by atoms with E-state index in [-0.39, 0.29) is 11.9 Å². The first kappa shape index (κ1) is 18.9. The van der Waals surface area contributed by atoms with E-state index in [1.165, 1.54) is 0 Å². The maximum Gasteiger partial charge on any atom is 0.335 e. The van der Waals surface area contributed by atoms with Gasteiger partial charge in [0.05, 0.1) is 5.56 Å². The van der Waals surface area contributed by atoms with Crippen LogP contribution in [-0.4, -0.2) is 56.4 Å². The summed E-state index contributed by atoms with van der Waals surface area (Å²) < 4.78 is 1.94. The molecular weight excluding hydrogens is 346 g/mol. The van der Waals surface area contributed by atoms with Crippen LogP contribution in [0, 0.1) is 0 Å². The third-order valence-electron chi connectivity index (χ3n) is 5.05. The van der Waals surface area contributed by atoms with Crippen LogP contribution in [0.25, 0.3) is 0 Å². The summed E-state index contributed by atoms with van der Waals surface area (Å²) in [5.74, 6) is 0.179. The van der Waals surface area contributed by atoms with Gasteiger partial charge < -0.3 is 19.9 Å². The zero-order valence-corrected chi connectivity index (χ0v) is 15.5. The van der Waals surface area contributed by atoms with Crippen LogP contribution in [0.2, 0.25) is 0 Å². The van der Waals surface area contributed by atoms with Crippen LogP contribution >= 0.6 is 0 Å². The highest BCUT2D eigenvalue weighted by Crippen LogP contribution is 2.30. The fourth-order valence-corrected chi connectivity index (χ4v) is 3.58. The fraction of sp³-hybridized carbons (Fsp3) is 0.474. The molecule has 0 aliphatic carbocycles. The summed E-state index contributed by atoms with van der Waals surface area (Å²) in [4.78, 5) is 25.6. The van der Waals surface area contributed by atoms with E-state index < -0.39 is 5.97 Å². The average Bonchev–Trinajstić information content (AvgIpc) is 3.15. The van der Waals surface area contributed by atoms with Crippen molar-refractivity contribution in [2.75, 3.05) is 19.6 Å². The van der Waals surface area contributed by atoms with Crippen molar-refractivity contribution in [2.24, 2.45) is 0 Å². The smallest absolute Gasteiger partial charge is 0.335 e. The molecule has 2 N–H and O–H groups in total. The SMILES string of the molecule is CCc1nncn1CCNC(=O)N1CCC(c2ccccc2C(=O)O)CC1. The van der Waals surface area contributed by atoms with Crippen LogP contribution in [0.15, 0.2) is 30.6 Å². The van der Waals surface area contributed by atoms with E-state index >= 15 is 0 Å². The molecule has 1 aromatic carbocycles. The van der Waals surface area contributed by atoms with Crippen molar-refractivity contribution in [3.05, 3.63) is 47.5 Å². The number of rotatable bonds is 6. The number of carbonyl (C=O) groups excluding carboxylic acids is 1. The Balaban J connectivity index is 1.49. The number of aromatic carboxylic acids is 1. The molecule has 2 heterocycles. The van der Waals surface area contributed by atoms with Gasteiger partial charge in [0.1, 0.15) is 12.2 Å². The maximum absolute atomic E-state index is 12.4. The molecule has 0 bridgehead atoms. The molecule has 3 rings (SSSR count). The van der Waals surface area contributed by atoms with E-state index in [1.807, 2.05) is 23.6 Å². The molecule has 1 fully saturated rings. The number of piperidine rings is 1. The number of hydrogen-bond acceptors (Lipinski definition) is 4. The summed E-state index contributed by atoms with van der Waals surface area (Å²) in [6.07, 6.45) is 4.02. The van der Waals surface area contributed by atoms with Gasteiger partial charge >= 0.3 is 12.0 Å². The minimum absolute atomic E-state index is 0.0777. The molecule has 0 radical (unpaired) electrons. The molecular formula is C19H25N5O3. The van der Waals surface area contributed by atoms with Gasteiger partial charge in [-0.25, -0.2) is 9.59 Å². The van der Waals surface area contributed by atoms with Gasteiger partial charge in [0.25, 0.3) is 0 Å². The largest absolute Gasteiger partial charge is 0.478 e. The first-order valence-electron chi connectivity index (χ1n) is 9.31. The molecule has 8 heteroatoms. The Morgan fingerprint density at radius 2 is 2.00 bits per heavy atom. The molecule has 0 unspecified atom stereocenters. The lowest BCUT2D eigenvalue weighted by atomic mass is 9.86. The zero-order valence-electron chi connectivity index (χ0n) is 15.5. The highest BCUT2D eigenvalue weighted by Gasteiger charge is 2.26. The number of carbonyl (C=O) groups is 2. The van der Waals surface area contributed by atoms with Crippen LogP contribution in [0.1, 0.15) is 47.4 Å². The van der Waals surface area contributed by atoms with E-state index in [2.05, 4.69) is 15.5 Å². The molecule has 0 atom stereocenters. The molecule has 1 saturated heterocycles. The summed E-state index contributed by atoms with van der Waals surface area (Å²) in [6, 6.07) is 7.07. The lowest BCUT2D eigenvalue weighted by molar-refractivity contribution is 0.0694. The second kappa shape index (κ2) is 8.66. The van der Waals surface area contributed by atoms with Crippen molar-refractivity contribution in [3.63, 3.8) is 0 Å². The molecule has 1 aliphatic heterocycles. The summed E-state index contributed by atoms with van der Waals surface area (Å²) in [6.45, 7) is 4.43. The molecule has 8 nitrogen and oxygen atoms in total. The van der Waals surface area contributed by atoms with Gasteiger partial charge in [-0.15, -0.1) is 10.2 Å². The van der Waals surface area contributed by atoms with Gasteiger partial charge in [-0.05, 0) is 30.4 Å². The third-order valence-corrected chi connectivity index (χ3v) is 5.05. The van der Waals surface area contributed by atoms with Crippen molar-refractivity contribution < 1.29 is 14.7 Å². The number of likely N-dealkylation sites (tertiary alicyclic amines) is 1. The molecule has 1 aliphatic rings. The topological polar surface area (TPSA) is 100 Å². The van der Waals surface area contributed by atoms with Gasteiger partial charge in [-0.3, -0.25) is 0 Å². The predicted octanol–water partition coefficient (Wildman–Crippen LogP) is 2.13. The summed E-state index contributed by atoms with van der Waals surface area (Å²) in [5.41, 5.74) is 1.23. The van der Waals surface area contributed by atoms with Gasteiger partial charge in [-0.2, -0.15) is 0 Å². The Morgan fingerprint density at radius 3 is 2.70 bits per heavy atom. The Bertz CT molecular complexity index is 796. The van der Waals surface area contributed by atoms with Crippen molar-refractivity contribution in [3.8, 4) is 0 Å². The number of benzene rings is 1.